The standard InChI is InChI=1S/C15H28/c1-2-4-6-8-10-12-14-15-13-11-9-7-5-3-1/h1,14H,2-13,15H2. The molecule has 0 nitrogen and oxygen atoms in total. The third kappa shape index (κ3) is 8.96. The van der Waals surface area contributed by atoms with E-state index in [9.17, 15) is 0 Å². The highest BCUT2D eigenvalue weighted by atomic mass is 14.0. The fourth-order valence-electron chi connectivity index (χ4n) is 2.33. The second-order valence-corrected chi connectivity index (χ2v) is 4.91. The molecule has 0 heterocycles. The lowest BCUT2D eigenvalue weighted by atomic mass is 10.1. The zero-order valence-corrected chi connectivity index (χ0v) is 10.3. The molecule has 1 aliphatic rings. The van der Waals surface area contributed by atoms with E-state index in [4.69, 9.17) is 0 Å². The summed E-state index contributed by atoms with van der Waals surface area (Å²) in [5.74, 6) is 0. The van der Waals surface area contributed by atoms with E-state index in [2.05, 4.69) is 12.8 Å². The van der Waals surface area contributed by atoms with Crippen LogP contribution in [0, 0.1) is 12.8 Å². The van der Waals surface area contributed by atoms with Gasteiger partial charge in [0.05, 0.1) is 0 Å². The third-order valence-corrected chi connectivity index (χ3v) is 3.38. The normalized spacial score (nSPS) is 24.0. The zero-order chi connectivity index (χ0) is 10.6. The lowest BCUT2D eigenvalue weighted by molar-refractivity contribution is 0.600. The Morgan fingerprint density at radius 1 is 0.333 bits per heavy atom. The summed E-state index contributed by atoms with van der Waals surface area (Å²) in [6.45, 7) is 0. The molecule has 0 aliphatic heterocycles. The zero-order valence-electron chi connectivity index (χ0n) is 10.3. The summed E-state index contributed by atoms with van der Waals surface area (Å²) in [6.07, 6.45) is 23.5. The Hall–Kier alpha value is 0. The molecule has 0 aromatic rings. The first-order chi connectivity index (χ1) is 7.50. The Morgan fingerprint density at radius 3 is 0.933 bits per heavy atom. The van der Waals surface area contributed by atoms with Crippen molar-refractivity contribution < 1.29 is 0 Å². The van der Waals surface area contributed by atoms with Crippen molar-refractivity contribution in [2.45, 2.75) is 83.5 Å². The largest absolute Gasteiger partial charge is 0.0533 e. The average molecular weight is 208 g/mol. The number of hydrogen-bond acceptors (Lipinski definition) is 0. The Kier molecular flexibility index (Phi) is 9.16. The second kappa shape index (κ2) is 10.5. The van der Waals surface area contributed by atoms with Crippen LogP contribution in [0.5, 0.6) is 0 Å². The van der Waals surface area contributed by atoms with Gasteiger partial charge in [0.25, 0.3) is 0 Å². The van der Waals surface area contributed by atoms with Crippen molar-refractivity contribution in [2.24, 2.45) is 0 Å². The van der Waals surface area contributed by atoms with Crippen LogP contribution in [0.15, 0.2) is 0 Å². The van der Waals surface area contributed by atoms with Gasteiger partial charge in [0.2, 0.25) is 0 Å². The van der Waals surface area contributed by atoms with Crippen LogP contribution < -0.4 is 0 Å². The quantitative estimate of drug-likeness (QED) is 0.494. The summed E-state index contributed by atoms with van der Waals surface area (Å²) < 4.78 is 0. The molecule has 1 rings (SSSR count). The summed E-state index contributed by atoms with van der Waals surface area (Å²) in [7, 11) is 0. The van der Waals surface area contributed by atoms with Crippen molar-refractivity contribution in [1.82, 2.24) is 0 Å². The molecule has 2 radical (unpaired) electrons. The van der Waals surface area contributed by atoms with Gasteiger partial charge in [-0.1, -0.05) is 83.5 Å². The van der Waals surface area contributed by atoms with Gasteiger partial charge in [-0.2, -0.15) is 0 Å². The first kappa shape index (κ1) is 13.1. The topological polar surface area (TPSA) is 0 Å². The van der Waals surface area contributed by atoms with Crippen LogP contribution in [0.1, 0.15) is 83.5 Å². The van der Waals surface area contributed by atoms with E-state index in [-0.39, 0.29) is 0 Å². The van der Waals surface area contributed by atoms with Gasteiger partial charge in [-0.15, -0.1) is 0 Å². The van der Waals surface area contributed by atoms with Crippen LogP contribution in [-0.4, -0.2) is 0 Å². The molecule has 0 aromatic carbocycles. The van der Waals surface area contributed by atoms with E-state index in [1.807, 2.05) is 0 Å². The minimum absolute atomic E-state index is 1.36. The highest BCUT2D eigenvalue weighted by Crippen LogP contribution is 2.15. The highest BCUT2D eigenvalue weighted by Gasteiger charge is 1.96. The molecular weight excluding hydrogens is 180 g/mol. The first-order valence-electron chi connectivity index (χ1n) is 7.13. The molecule has 0 atom stereocenters. The maximum absolute atomic E-state index is 2.52. The van der Waals surface area contributed by atoms with E-state index in [1.165, 1.54) is 83.5 Å². The van der Waals surface area contributed by atoms with Crippen molar-refractivity contribution in [3.8, 4) is 0 Å². The minimum atomic E-state index is 1.36. The molecule has 0 amide bonds. The third-order valence-electron chi connectivity index (χ3n) is 3.38. The Bertz CT molecular complexity index is 58.6. The van der Waals surface area contributed by atoms with Crippen molar-refractivity contribution >= 4 is 0 Å². The van der Waals surface area contributed by atoms with E-state index in [0.717, 1.165) is 0 Å². The van der Waals surface area contributed by atoms with Gasteiger partial charge >= 0.3 is 0 Å². The minimum Gasteiger partial charge on any atom is -0.0533 e. The van der Waals surface area contributed by atoms with Gasteiger partial charge < -0.3 is 0 Å². The number of hydrogen-bond donors (Lipinski definition) is 0. The van der Waals surface area contributed by atoms with Crippen LogP contribution in [0.3, 0.4) is 0 Å². The Labute approximate surface area is 96.8 Å². The molecule has 0 spiro atoms. The summed E-state index contributed by atoms with van der Waals surface area (Å²) >= 11 is 0. The van der Waals surface area contributed by atoms with E-state index in [0.29, 0.717) is 0 Å². The van der Waals surface area contributed by atoms with Crippen molar-refractivity contribution in [3.05, 3.63) is 12.8 Å². The van der Waals surface area contributed by atoms with Gasteiger partial charge in [-0.25, -0.2) is 0 Å². The van der Waals surface area contributed by atoms with Gasteiger partial charge in [-0.3, -0.25) is 0 Å². The predicted molar refractivity (Wildman–Crippen MR) is 68.6 cm³/mol. The van der Waals surface area contributed by atoms with Crippen LogP contribution >= 0.6 is 0 Å². The van der Waals surface area contributed by atoms with E-state index in [1.54, 1.807) is 0 Å². The van der Waals surface area contributed by atoms with E-state index >= 15 is 0 Å². The molecule has 0 bridgehead atoms. The molecule has 0 saturated heterocycles. The predicted octanol–water partition coefficient (Wildman–Crippen LogP) is 5.48. The number of rotatable bonds is 0. The molecular formula is C15H28. The Morgan fingerprint density at radius 2 is 0.600 bits per heavy atom. The van der Waals surface area contributed by atoms with E-state index < -0.39 is 0 Å². The molecule has 1 saturated carbocycles. The summed E-state index contributed by atoms with van der Waals surface area (Å²) in [6, 6.07) is 0. The SMILES string of the molecule is [CH]1CCCCCC[CH]CCCCCCC1. The molecule has 15 heavy (non-hydrogen) atoms. The first-order valence-corrected chi connectivity index (χ1v) is 7.13. The van der Waals surface area contributed by atoms with Gasteiger partial charge in [0.1, 0.15) is 0 Å². The van der Waals surface area contributed by atoms with Crippen molar-refractivity contribution in [1.29, 1.82) is 0 Å². The lowest BCUT2D eigenvalue weighted by Crippen LogP contribution is -1.82. The summed E-state index contributed by atoms with van der Waals surface area (Å²) in [5, 5.41) is 0. The average Bonchev–Trinajstić information content (AvgIpc) is 2.27. The molecule has 0 unspecified atom stereocenters. The molecule has 1 aliphatic carbocycles. The van der Waals surface area contributed by atoms with Crippen LogP contribution in [0.4, 0.5) is 0 Å². The van der Waals surface area contributed by atoms with Gasteiger partial charge in [0.15, 0.2) is 0 Å². The maximum Gasteiger partial charge on any atom is -0.0386 e. The molecule has 0 heteroatoms. The fraction of sp³-hybridized carbons (Fsp3) is 0.867. The smallest absolute Gasteiger partial charge is 0.0386 e. The molecule has 0 N–H and O–H groups in total. The fourth-order valence-corrected chi connectivity index (χ4v) is 2.33. The van der Waals surface area contributed by atoms with Gasteiger partial charge in [0, 0.05) is 0 Å². The molecule has 0 aromatic heterocycles. The summed E-state index contributed by atoms with van der Waals surface area (Å²) in [4.78, 5) is 0. The lowest BCUT2D eigenvalue weighted by Gasteiger charge is -2.01. The van der Waals surface area contributed by atoms with Crippen molar-refractivity contribution in [3.63, 3.8) is 0 Å². The monoisotopic (exact) mass is 208 g/mol. The molecule has 1 fully saturated rings. The van der Waals surface area contributed by atoms with Crippen LogP contribution in [-0.2, 0) is 0 Å². The Balaban J connectivity index is 2.01. The maximum atomic E-state index is 2.52. The highest BCUT2D eigenvalue weighted by molar-refractivity contribution is 4.68. The van der Waals surface area contributed by atoms with Crippen LogP contribution in [0.2, 0.25) is 0 Å². The van der Waals surface area contributed by atoms with Crippen molar-refractivity contribution in [2.75, 3.05) is 0 Å². The van der Waals surface area contributed by atoms with Gasteiger partial charge in [-0.05, 0) is 12.8 Å². The second-order valence-electron chi connectivity index (χ2n) is 4.91. The molecule has 88 valence electrons. The van der Waals surface area contributed by atoms with Crippen LogP contribution in [0.25, 0.3) is 0 Å². The summed E-state index contributed by atoms with van der Waals surface area (Å²) in [5.41, 5.74) is 0.